The van der Waals surface area contributed by atoms with Gasteiger partial charge in [0.05, 0.1) is 5.16 Å². The highest BCUT2D eigenvalue weighted by Gasteiger charge is 2.45. The topological polar surface area (TPSA) is 57.5 Å². The Bertz CT molecular complexity index is 392. The second-order valence-corrected chi connectivity index (χ2v) is 5.73. The van der Waals surface area contributed by atoms with Crippen molar-refractivity contribution in [1.29, 1.82) is 0 Å². The summed E-state index contributed by atoms with van der Waals surface area (Å²) in [4.78, 5) is 18.9. The zero-order chi connectivity index (χ0) is 12.4. The fraction of sp³-hybridized carbons (Fsp3) is 0.455. The standard InChI is InChI=1S/C11H16FO3P/c1-3-11(4-2,16(13,14)15)9-5-7-10(12)8-6-9/h5-8H,3-4H2,1-2H3,(H2,13,14,15). The van der Waals surface area contributed by atoms with Crippen LogP contribution in [0.5, 0.6) is 0 Å². The van der Waals surface area contributed by atoms with Crippen molar-refractivity contribution < 1.29 is 18.7 Å². The second-order valence-electron chi connectivity index (χ2n) is 3.79. The van der Waals surface area contributed by atoms with Gasteiger partial charge in [-0.3, -0.25) is 4.57 Å². The summed E-state index contributed by atoms with van der Waals surface area (Å²) in [6, 6.07) is 5.35. The normalized spacial score (nSPS) is 12.8. The van der Waals surface area contributed by atoms with Crippen LogP contribution >= 0.6 is 7.60 Å². The Hall–Kier alpha value is -0.700. The molecule has 0 aromatic heterocycles. The molecule has 0 bridgehead atoms. The van der Waals surface area contributed by atoms with Gasteiger partial charge in [-0.1, -0.05) is 26.0 Å². The van der Waals surface area contributed by atoms with Crippen molar-refractivity contribution in [2.45, 2.75) is 31.8 Å². The maximum atomic E-state index is 12.8. The molecule has 1 aromatic rings. The van der Waals surface area contributed by atoms with Gasteiger partial charge in [0.1, 0.15) is 5.82 Å². The third-order valence-corrected chi connectivity index (χ3v) is 5.11. The van der Waals surface area contributed by atoms with Crippen LogP contribution in [0, 0.1) is 5.82 Å². The fourth-order valence-corrected chi connectivity index (χ4v) is 3.31. The van der Waals surface area contributed by atoms with Gasteiger partial charge in [-0.15, -0.1) is 0 Å². The Kier molecular flexibility index (Phi) is 3.89. The van der Waals surface area contributed by atoms with E-state index in [-0.39, 0.29) is 0 Å². The minimum absolute atomic E-state index is 0.319. The lowest BCUT2D eigenvalue weighted by atomic mass is 9.93. The average molecular weight is 246 g/mol. The van der Waals surface area contributed by atoms with Crippen LogP contribution in [-0.4, -0.2) is 9.79 Å². The first-order valence-electron chi connectivity index (χ1n) is 5.19. The molecule has 0 saturated heterocycles. The van der Waals surface area contributed by atoms with Gasteiger partial charge in [-0.2, -0.15) is 0 Å². The lowest BCUT2D eigenvalue weighted by Crippen LogP contribution is -2.24. The van der Waals surface area contributed by atoms with Gasteiger partial charge in [0.25, 0.3) is 0 Å². The van der Waals surface area contributed by atoms with Crippen LogP contribution in [0.15, 0.2) is 24.3 Å². The van der Waals surface area contributed by atoms with Gasteiger partial charge in [-0.25, -0.2) is 4.39 Å². The maximum absolute atomic E-state index is 12.8. The lowest BCUT2D eigenvalue weighted by Gasteiger charge is -2.32. The van der Waals surface area contributed by atoms with E-state index in [0.717, 1.165) is 0 Å². The quantitative estimate of drug-likeness (QED) is 0.803. The SMILES string of the molecule is CCC(CC)(c1ccc(F)cc1)P(=O)(O)O. The molecule has 90 valence electrons. The van der Waals surface area contributed by atoms with Crippen LogP contribution in [0.4, 0.5) is 4.39 Å². The van der Waals surface area contributed by atoms with Gasteiger partial charge in [0, 0.05) is 0 Å². The highest BCUT2D eigenvalue weighted by Crippen LogP contribution is 2.60. The molecule has 0 aliphatic carbocycles. The monoisotopic (exact) mass is 246 g/mol. The number of benzene rings is 1. The number of hydrogen-bond donors (Lipinski definition) is 2. The lowest BCUT2D eigenvalue weighted by molar-refractivity contribution is 0.315. The molecule has 0 atom stereocenters. The molecule has 0 aliphatic rings. The highest BCUT2D eigenvalue weighted by atomic mass is 31.2. The molecule has 1 rings (SSSR count). The van der Waals surface area contributed by atoms with E-state index in [1.165, 1.54) is 24.3 Å². The summed E-state index contributed by atoms with van der Waals surface area (Å²) in [5.41, 5.74) is 0.493. The summed E-state index contributed by atoms with van der Waals surface area (Å²) >= 11 is 0. The molecule has 2 N–H and O–H groups in total. The summed E-state index contributed by atoms with van der Waals surface area (Å²) in [5.74, 6) is -0.407. The molecule has 0 radical (unpaired) electrons. The van der Waals surface area contributed by atoms with Gasteiger partial charge in [0.2, 0.25) is 0 Å². The zero-order valence-corrected chi connectivity index (χ0v) is 10.2. The van der Waals surface area contributed by atoms with Gasteiger partial charge >= 0.3 is 7.60 Å². The minimum atomic E-state index is -4.27. The van der Waals surface area contributed by atoms with Crippen LogP contribution in [0.3, 0.4) is 0 Å². The van der Waals surface area contributed by atoms with Crippen LogP contribution < -0.4 is 0 Å². The first-order chi connectivity index (χ1) is 7.37. The Balaban J connectivity index is 3.32. The summed E-state index contributed by atoms with van der Waals surface area (Å²) in [6.45, 7) is 3.46. The predicted octanol–water partition coefficient (Wildman–Crippen LogP) is 3.02. The third kappa shape index (κ3) is 2.19. The van der Waals surface area contributed by atoms with Crippen LogP contribution in [0.2, 0.25) is 0 Å². The number of rotatable bonds is 4. The molecule has 3 nitrogen and oxygen atoms in total. The summed E-state index contributed by atoms with van der Waals surface area (Å²) in [6.07, 6.45) is 0.638. The van der Waals surface area contributed by atoms with Crippen LogP contribution in [0.25, 0.3) is 0 Å². The predicted molar refractivity (Wildman–Crippen MR) is 60.7 cm³/mol. The first-order valence-corrected chi connectivity index (χ1v) is 6.80. The Morgan fingerprint density at radius 2 is 1.62 bits per heavy atom. The van der Waals surface area contributed by atoms with Crippen molar-refractivity contribution >= 4 is 7.60 Å². The first kappa shape index (κ1) is 13.4. The van der Waals surface area contributed by atoms with Crippen molar-refractivity contribution in [3.05, 3.63) is 35.6 Å². The molecule has 0 aliphatic heterocycles. The molecule has 0 fully saturated rings. The average Bonchev–Trinajstić information content (AvgIpc) is 2.21. The molecule has 5 heteroatoms. The number of hydrogen-bond acceptors (Lipinski definition) is 1. The van der Waals surface area contributed by atoms with Crippen LogP contribution in [-0.2, 0) is 9.72 Å². The van der Waals surface area contributed by atoms with Crippen molar-refractivity contribution in [3.8, 4) is 0 Å². The van der Waals surface area contributed by atoms with Crippen molar-refractivity contribution in [3.63, 3.8) is 0 Å². The van der Waals surface area contributed by atoms with Gasteiger partial charge < -0.3 is 9.79 Å². The van der Waals surface area contributed by atoms with Gasteiger partial charge in [-0.05, 0) is 30.5 Å². The molecule has 0 saturated carbocycles. The van der Waals surface area contributed by atoms with Crippen molar-refractivity contribution in [2.75, 3.05) is 0 Å². The van der Waals surface area contributed by atoms with E-state index in [1.807, 2.05) is 0 Å². The molecule has 1 aromatic carbocycles. The van der Waals surface area contributed by atoms with Crippen molar-refractivity contribution in [2.24, 2.45) is 0 Å². The van der Waals surface area contributed by atoms with Gasteiger partial charge in [0.15, 0.2) is 0 Å². The Morgan fingerprint density at radius 1 is 1.19 bits per heavy atom. The molecule has 0 spiro atoms. The molecular weight excluding hydrogens is 230 g/mol. The fourth-order valence-electron chi connectivity index (χ4n) is 2.00. The molecule has 0 unspecified atom stereocenters. The third-order valence-electron chi connectivity index (χ3n) is 3.11. The van der Waals surface area contributed by atoms with Crippen molar-refractivity contribution in [1.82, 2.24) is 0 Å². The number of halogens is 1. The van der Waals surface area contributed by atoms with E-state index >= 15 is 0 Å². The minimum Gasteiger partial charge on any atom is -0.324 e. The summed E-state index contributed by atoms with van der Waals surface area (Å²) in [5, 5.41) is -1.19. The highest BCUT2D eigenvalue weighted by molar-refractivity contribution is 7.53. The second kappa shape index (κ2) is 4.66. The zero-order valence-electron chi connectivity index (χ0n) is 9.35. The summed E-state index contributed by atoms with van der Waals surface area (Å²) in [7, 11) is -4.27. The Labute approximate surface area is 94.5 Å². The van der Waals surface area contributed by atoms with E-state index in [2.05, 4.69) is 0 Å². The maximum Gasteiger partial charge on any atom is 0.335 e. The Morgan fingerprint density at radius 3 is 1.94 bits per heavy atom. The van der Waals surface area contributed by atoms with Crippen LogP contribution in [0.1, 0.15) is 32.3 Å². The molecular formula is C11H16FO3P. The van der Waals surface area contributed by atoms with E-state index in [1.54, 1.807) is 13.8 Å². The van der Waals surface area contributed by atoms with E-state index in [4.69, 9.17) is 0 Å². The largest absolute Gasteiger partial charge is 0.335 e. The molecule has 0 amide bonds. The van der Waals surface area contributed by atoms with E-state index in [0.29, 0.717) is 18.4 Å². The smallest absolute Gasteiger partial charge is 0.324 e. The summed E-state index contributed by atoms with van der Waals surface area (Å²) < 4.78 is 24.4. The molecule has 16 heavy (non-hydrogen) atoms. The van der Waals surface area contributed by atoms with E-state index < -0.39 is 18.6 Å². The molecule has 0 heterocycles. The van der Waals surface area contributed by atoms with E-state index in [9.17, 15) is 18.7 Å².